The number of hydrogen-bond acceptors (Lipinski definition) is 8. The normalized spacial score (nSPS) is 13.5. The first kappa shape index (κ1) is 36.7. The molecule has 2 amide bonds. The Bertz CT molecular complexity index is 1500. The fraction of sp³-hybridized carbons (Fsp3) is 0.520. The van der Waals surface area contributed by atoms with Gasteiger partial charge in [-0.2, -0.15) is 17.9 Å². The predicted octanol–water partition coefficient (Wildman–Crippen LogP) is 4.97. The summed E-state index contributed by atoms with van der Waals surface area (Å²) in [5.41, 5.74) is 2.53. The number of methoxy groups -OCH3 is 1. The Labute approximate surface area is 260 Å². The number of nitrogens with zero attached hydrogens (tertiary/aromatic N) is 1. The summed E-state index contributed by atoms with van der Waals surface area (Å²) < 4.78 is 72.4. The quantitative estimate of drug-likeness (QED) is 0.227. The Hall–Kier alpha value is -2.50. The number of aromatic nitrogens is 1. The number of halogens is 5. The number of carbonyl (C=O) groups is 3. The lowest BCUT2D eigenvalue weighted by Crippen LogP contribution is -2.44. The van der Waals surface area contributed by atoms with Crippen LogP contribution in [-0.4, -0.2) is 61.2 Å². The van der Waals surface area contributed by atoms with Crippen molar-refractivity contribution in [2.45, 2.75) is 76.6 Å². The number of carboxylic acid groups (broad SMARTS) is 1. The first-order valence-electron chi connectivity index (χ1n) is 12.5. The maximum absolute atomic E-state index is 13.2. The SMILES string of the molecule is CC[C@H](NS(=O)(=O)c1ccc(-c2sc(C(=O)NNC(=O)CC(C)(C)C(=O)O)nc2CC(C)(C)OC)c(Cl)c1Cl)C(F)(F)F. The summed E-state index contributed by atoms with van der Waals surface area (Å²) in [5.74, 6) is -2.83. The zero-order valence-corrected chi connectivity index (χ0v) is 27.0. The van der Waals surface area contributed by atoms with E-state index in [1.165, 1.54) is 33.9 Å². The molecular weight excluding hydrogens is 660 g/mol. The fourth-order valence-corrected chi connectivity index (χ4v) is 6.74. The highest BCUT2D eigenvalue weighted by atomic mass is 35.5. The first-order valence-corrected chi connectivity index (χ1v) is 15.6. The van der Waals surface area contributed by atoms with Crippen LogP contribution < -0.4 is 15.6 Å². The standard InChI is InChI=1S/C25H31Cl2F3N4O7S2/c1-7-15(25(28,29)30)34-43(39,40)14-9-8-12(17(26)18(14)27)19-13(10-24(4,5)41-6)31-21(42-19)20(36)33-32-16(35)11-23(2,3)22(37)38/h8-9,15,34H,7,10-11H2,1-6H3,(H,32,35)(H,33,36)(H,37,38)/t15-/m0/s1. The van der Waals surface area contributed by atoms with E-state index in [0.717, 1.165) is 17.4 Å². The molecule has 0 spiro atoms. The summed E-state index contributed by atoms with van der Waals surface area (Å²) in [6.45, 7) is 7.32. The number of carbonyl (C=O) groups excluding carboxylic acids is 2. The van der Waals surface area contributed by atoms with Crippen LogP contribution in [0, 0.1) is 5.41 Å². The third-order valence-electron chi connectivity index (χ3n) is 6.22. The Morgan fingerprint density at radius 1 is 1.09 bits per heavy atom. The van der Waals surface area contributed by atoms with Crippen molar-refractivity contribution in [3.05, 3.63) is 32.9 Å². The van der Waals surface area contributed by atoms with Crippen molar-refractivity contribution in [1.82, 2.24) is 20.6 Å². The van der Waals surface area contributed by atoms with Crippen LogP contribution in [-0.2, 0) is 30.8 Å². The van der Waals surface area contributed by atoms with Gasteiger partial charge in [0.05, 0.1) is 31.6 Å². The van der Waals surface area contributed by atoms with E-state index in [9.17, 15) is 41.1 Å². The molecule has 0 bridgehead atoms. The topological polar surface area (TPSA) is 164 Å². The number of rotatable bonds is 12. The van der Waals surface area contributed by atoms with E-state index in [1.807, 2.05) is 0 Å². The van der Waals surface area contributed by atoms with Gasteiger partial charge < -0.3 is 9.84 Å². The van der Waals surface area contributed by atoms with Gasteiger partial charge in [0.15, 0.2) is 5.01 Å². The molecule has 0 radical (unpaired) electrons. The average molecular weight is 692 g/mol. The number of amides is 2. The summed E-state index contributed by atoms with van der Waals surface area (Å²) in [6.07, 6.45) is -5.71. The lowest BCUT2D eigenvalue weighted by atomic mass is 9.89. The fourth-order valence-electron chi connectivity index (χ4n) is 3.50. The molecule has 0 unspecified atom stereocenters. The second-order valence-electron chi connectivity index (χ2n) is 10.7. The number of ether oxygens (including phenoxy) is 1. The second-order valence-corrected chi connectivity index (χ2v) is 14.1. The van der Waals surface area contributed by atoms with Gasteiger partial charge in [-0.1, -0.05) is 36.2 Å². The summed E-state index contributed by atoms with van der Waals surface area (Å²) in [7, 11) is -3.30. The number of carboxylic acids is 1. The molecule has 1 aromatic carbocycles. The van der Waals surface area contributed by atoms with Crippen molar-refractivity contribution in [2.24, 2.45) is 5.41 Å². The zero-order chi connectivity index (χ0) is 33.1. The first-order chi connectivity index (χ1) is 19.6. The highest BCUT2D eigenvalue weighted by molar-refractivity contribution is 7.89. The molecule has 1 atom stereocenters. The smallest absolute Gasteiger partial charge is 0.404 e. The lowest BCUT2D eigenvalue weighted by molar-refractivity contribution is -0.151. The Balaban J connectivity index is 2.49. The molecule has 0 saturated carbocycles. The van der Waals surface area contributed by atoms with Crippen LogP contribution in [0.2, 0.25) is 10.0 Å². The van der Waals surface area contributed by atoms with Crippen LogP contribution in [0.15, 0.2) is 17.0 Å². The molecule has 0 aliphatic rings. The minimum Gasteiger partial charge on any atom is -0.481 e. The number of sulfonamides is 1. The molecule has 0 fully saturated rings. The molecule has 2 rings (SSSR count). The van der Waals surface area contributed by atoms with Crippen LogP contribution in [0.25, 0.3) is 10.4 Å². The van der Waals surface area contributed by atoms with Crippen LogP contribution in [0.3, 0.4) is 0 Å². The van der Waals surface area contributed by atoms with E-state index in [2.05, 4.69) is 15.8 Å². The van der Waals surface area contributed by atoms with Gasteiger partial charge in [0.1, 0.15) is 10.9 Å². The molecule has 2 aromatic rings. The average Bonchev–Trinajstić information content (AvgIpc) is 3.28. The second kappa shape index (κ2) is 13.6. The Morgan fingerprint density at radius 2 is 1.70 bits per heavy atom. The maximum atomic E-state index is 13.2. The van der Waals surface area contributed by atoms with Crippen molar-refractivity contribution in [2.75, 3.05) is 7.11 Å². The number of nitrogens with one attached hydrogen (secondary N) is 3. The third kappa shape index (κ3) is 9.25. The van der Waals surface area contributed by atoms with Crippen molar-refractivity contribution in [3.8, 4) is 10.4 Å². The van der Waals surface area contributed by atoms with Crippen molar-refractivity contribution in [3.63, 3.8) is 0 Å². The number of hydrogen-bond donors (Lipinski definition) is 4. The summed E-state index contributed by atoms with van der Waals surface area (Å²) >= 11 is 13.5. The van der Waals surface area contributed by atoms with Crippen LogP contribution in [0.5, 0.6) is 0 Å². The number of hydrazine groups is 1. The maximum Gasteiger partial charge on any atom is 0.404 e. The largest absolute Gasteiger partial charge is 0.481 e. The summed E-state index contributed by atoms with van der Waals surface area (Å²) in [5, 5.41) is 8.17. The molecule has 0 aliphatic heterocycles. The molecule has 4 N–H and O–H groups in total. The highest BCUT2D eigenvalue weighted by Gasteiger charge is 2.41. The number of alkyl halides is 3. The van der Waals surface area contributed by atoms with Crippen LogP contribution >= 0.6 is 34.5 Å². The lowest BCUT2D eigenvalue weighted by Gasteiger charge is -2.22. The number of aliphatic carboxylic acids is 1. The van der Waals surface area contributed by atoms with Crippen LogP contribution in [0.4, 0.5) is 13.2 Å². The molecule has 0 aliphatic carbocycles. The number of benzene rings is 1. The van der Waals surface area contributed by atoms with Gasteiger partial charge in [0.25, 0.3) is 5.91 Å². The molecule has 0 saturated heterocycles. The molecular formula is C25H31Cl2F3N4O7S2. The van der Waals surface area contributed by atoms with Gasteiger partial charge in [0, 0.05) is 25.5 Å². The minimum atomic E-state index is -4.84. The van der Waals surface area contributed by atoms with Crippen molar-refractivity contribution >= 4 is 62.3 Å². The molecule has 43 heavy (non-hydrogen) atoms. The molecule has 1 aromatic heterocycles. The van der Waals surface area contributed by atoms with E-state index < -0.39 is 73.8 Å². The monoisotopic (exact) mass is 690 g/mol. The van der Waals surface area contributed by atoms with E-state index in [-0.39, 0.29) is 32.6 Å². The van der Waals surface area contributed by atoms with E-state index in [4.69, 9.17) is 27.9 Å². The van der Waals surface area contributed by atoms with E-state index >= 15 is 0 Å². The minimum absolute atomic E-state index is 0.126. The van der Waals surface area contributed by atoms with Crippen molar-refractivity contribution < 1.29 is 45.8 Å². The number of thiazole rings is 1. The molecule has 18 heteroatoms. The predicted molar refractivity (Wildman–Crippen MR) is 154 cm³/mol. The van der Waals surface area contributed by atoms with Gasteiger partial charge in [-0.25, -0.2) is 13.4 Å². The van der Waals surface area contributed by atoms with E-state index in [1.54, 1.807) is 18.6 Å². The molecule has 11 nitrogen and oxygen atoms in total. The van der Waals surface area contributed by atoms with Gasteiger partial charge in [-0.3, -0.25) is 25.2 Å². The van der Waals surface area contributed by atoms with Crippen molar-refractivity contribution in [1.29, 1.82) is 0 Å². The molecule has 240 valence electrons. The zero-order valence-electron chi connectivity index (χ0n) is 23.9. The Morgan fingerprint density at radius 3 is 2.21 bits per heavy atom. The van der Waals surface area contributed by atoms with Gasteiger partial charge >= 0.3 is 12.1 Å². The highest BCUT2D eigenvalue weighted by Crippen LogP contribution is 2.42. The molecule has 1 heterocycles. The summed E-state index contributed by atoms with van der Waals surface area (Å²) in [6, 6.07) is -0.136. The van der Waals surface area contributed by atoms with Gasteiger partial charge in [0.2, 0.25) is 15.9 Å². The van der Waals surface area contributed by atoms with Gasteiger partial charge in [-0.05, 0) is 40.2 Å². The van der Waals surface area contributed by atoms with Gasteiger partial charge in [-0.15, -0.1) is 11.3 Å². The Kier molecular flexibility index (Phi) is 11.6. The van der Waals surface area contributed by atoms with E-state index in [0.29, 0.717) is 0 Å². The van der Waals surface area contributed by atoms with Crippen LogP contribution in [0.1, 0.15) is 63.0 Å². The summed E-state index contributed by atoms with van der Waals surface area (Å²) in [4.78, 5) is 40.3. The third-order valence-corrected chi connectivity index (χ3v) is 9.85.